The molecule has 2 aromatic carbocycles. The van der Waals surface area contributed by atoms with Crippen molar-refractivity contribution >= 4 is 16.7 Å². The van der Waals surface area contributed by atoms with Crippen LogP contribution in [0.5, 0.6) is 5.75 Å². The number of pyridine rings is 2. The molecular weight excluding hydrogens is 352 g/mol. The number of phenolic OH excluding ortho intramolecular Hbond substituents is 1. The van der Waals surface area contributed by atoms with E-state index in [0.29, 0.717) is 5.69 Å². The van der Waals surface area contributed by atoms with Crippen LogP contribution in [-0.4, -0.2) is 20.4 Å². The van der Waals surface area contributed by atoms with Crippen LogP contribution in [0.4, 0.5) is 0 Å². The highest BCUT2D eigenvalue weighted by Crippen LogP contribution is 2.21. The van der Waals surface area contributed by atoms with Gasteiger partial charge in [0.1, 0.15) is 17.3 Å². The number of carbonyl (C=O) groups excluding carboxylic acids is 1. The average Bonchev–Trinajstić information content (AvgIpc) is 2.73. The number of benzene rings is 2. The van der Waals surface area contributed by atoms with E-state index in [1.807, 2.05) is 36.4 Å². The number of nitrogens with one attached hydrogen (secondary N) is 1. The predicted octanol–water partition coefficient (Wildman–Crippen LogP) is 3.31. The van der Waals surface area contributed by atoms with Gasteiger partial charge in [0.05, 0.1) is 28.5 Å². The zero-order chi connectivity index (χ0) is 19.7. The van der Waals surface area contributed by atoms with Crippen LogP contribution in [0.25, 0.3) is 16.6 Å². The van der Waals surface area contributed by atoms with Crippen LogP contribution >= 0.6 is 0 Å². The molecule has 0 atom stereocenters. The van der Waals surface area contributed by atoms with Gasteiger partial charge in [-0.2, -0.15) is 5.26 Å². The summed E-state index contributed by atoms with van der Waals surface area (Å²) in [6, 6.07) is 18.9. The van der Waals surface area contributed by atoms with E-state index >= 15 is 0 Å². The van der Waals surface area contributed by atoms with Crippen LogP contribution in [0.2, 0.25) is 0 Å². The molecule has 0 amide bonds. The topological polar surface area (TPSA) is 103 Å². The van der Waals surface area contributed by atoms with E-state index in [1.165, 1.54) is 29.0 Å². The van der Waals surface area contributed by atoms with Gasteiger partial charge >= 0.3 is 0 Å². The lowest BCUT2D eigenvalue weighted by atomic mass is 10.0. The standard InChI is InChI=1S/C22H14N4O2/c23-11-15-9-16(21(28)18-6-2-4-8-20(18)27)13-26(22(15)24)17-10-14-5-1-3-7-19(14)25-12-17/h1-10,12-13,24,27H. The first-order valence-corrected chi connectivity index (χ1v) is 8.48. The van der Waals surface area contributed by atoms with Crippen molar-refractivity contribution in [2.75, 3.05) is 0 Å². The molecule has 2 N–H and O–H groups in total. The molecule has 0 aliphatic rings. The third-order valence-electron chi connectivity index (χ3n) is 4.45. The fourth-order valence-corrected chi connectivity index (χ4v) is 3.02. The quantitative estimate of drug-likeness (QED) is 0.543. The van der Waals surface area contributed by atoms with E-state index in [-0.39, 0.29) is 27.9 Å². The first-order chi connectivity index (χ1) is 13.6. The number of para-hydroxylation sites is 2. The smallest absolute Gasteiger partial charge is 0.198 e. The maximum Gasteiger partial charge on any atom is 0.198 e. The highest BCUT2D eigenvalue weighted by atomic mass is 16.3. The maximum absolute atomic E-state index is 12.9. The number of ketones is 1. The minimum atomic E-state index is -0.433. The summed E-state index contributed by atoms with van der Waals surface area (Å²) in [5, 5.41) is 28.6. The Morgan fingerprint density at radius 2 is 1.86 bits per heavy atom. The third-order valence-corrected chi connectivity index (χ3v) is 4.45. The van der Waals surface area contributed by atoms with E-state index in [2.05, 4.69) is 4.98 Å². The largest absolute Gasteiger partial charge is 0.507 e. The lowest BCUT2D eigenvalue weighted by molar-refractivity contribution is 0.103. The Kier molecular flexibility index (Phi) is 4.18. The van der Waals surface area contributed by atoms with Crippen molar-refractivity contribution in [1.29, 1.82) is 10.7 Å². The normalized spacial score (nSPS) is 10.5. The van der Waals surface area contributed by atoms with Crippen LogP contribution in [0.15, 0.2) is 73.1 Å². The highest BCUT2D eigenvalue weighted by molar-refractivity contribution is 6.10. The molecule has 4 rings (SSSR count). The summed E-state index contributed by atoms with van der Waals surface area (Å²) in [6.45, 7) is 0. The van der Waals surface area contributed by atoms with Crippen molar-refractivity contribution in [2.24, 2.45) is 0 Å². The van der Waals surface area contributed by atoms with Crippen molar-refractivity contribution in [1.82, 2.24) is 9.55 Å². The van der Waals surface area contributed by atoms with Crippen LogP contribution < -0.4 is 5.49 Å². The van der Waals surface area contributed by atoms with E-state index in [1.54, 1.807) is 18.3 Å². The van der Waals surface area contributed by atoms with Gasteiger partial charge in [0.15, 0.2) is 5.78 Å². The fourth-order valence-electron chi connectivity index (χ4n) is 3.02. The number of fused-ring (bicyclic) bond motifs is 1. The molecule has 4 aromatic rings. The molecule has 6 nitrogen and oxygen atoms in total. The van der Waals surface area contributed by atoms with Crippen LogP contribution in [0, 0.1) is 16.7 Å². The second kappa shape index (κ2) is 6.82. The number of rotatable bonds is 3. The molecule has 0 saturated heterocycles. The summed E-state index contributed by atoms with van der Waals surface area (Å²) in [5.41, 5.74) is 1.70. The van der Waals surface area contributed by atoms with Gasteiger partial charge in [-0.05, 0) is 30.3 Å². The van der Waals surface area contributed by atoms with E-state index in [0.717, 1.165) is 10.9 Å². The van der Waals surface area contributed by atoms with Crippen molar-refractivity contribution in [2.45, 2.75) is 0 Å². The Labute approximate surface area is 160 Å². The minimum absolute atomic E-state index is 0.0478. The number of carbonyl (C=O) groups is 1. The number of aromatic hydroxyl groups is 1. The summed E-state index contributed by atoms with van der Waals surface area (Å²) in [5.74, 6) is -0.572. The van der Waals surface area contributed by atoms with Gasteiger partial charge in [-0.3, -0.25) is 19.8 Å². The molecular formula is C22H14N4O2. The monoisotopic (exact) mass is 366 g/mol. The molecule has 0 radical (unpaired) electrons. The van der Waals surface area contributed by atoms with Gasteiger partial charge < -0.3 is 5.11 Å². The van der Waals surface area contributed by atoms with Crippen molar-refractivity contribution < 1.29 is 9.90 Å². The van der Waals surface area contributed by atoms with E-state index in [4.69, 9.17) is 5.41 Å². The second-order valence-corrected chi connectivity index (χ2v) is 6.21. The van der Waals surface area contributed by atoms with Gasteiger partial charge in [-0.15, -0.1) is 0 Å². The van der Waals surface area contributed by atoms with Crippen molar-refractivity contribution in [3.63, 3.8) is 0 Å². The Balaban J connectivity index is 1.91. The number of nitrogens with zero attached hydrogens (tertiary/aromatic N) is 3. The maximum atomic E-state index is 12.9. The first-order valence-electron chi connectivity index (χ1n) is 8.48. The summed E-state index contributed by atoms with van der Waals surface area (Å²) >= 11 is 0. The molecule has 2 aromatic heterocycles. The number of phenols is 1. The molecule has 0 aliphatic carbocycles. The number of nitriles is 1. The zero-order valence-corrected chi connectivity index (χ0v) is 14.6. The van der Waals surface area contributed by atoms with Crippen molar-refractivity contribution in [3.05, 3.63) is 95.2 Å². The average molecular weight is 366 g/mol. The first kappa shape index (κ1) is 17.2. The molecule has 28 heavy (non-hydrogen) atoms. The third kappa shape index (κ3) is 2.91. The zero-order valence-electron chi connectivity index (χ0n) is 14.6. The van der Waals surface area contributed by atoms with Crippen LogP contribution in [0.1, 0.15) is 21.5 Å². The summed E-state index contributed by atoms with van der Waals surface area (Å²) < 4.78 is 1.45. The fraction of sp³-hybridized carbons (Fsp3) is 0. The summed E-state index contributed by atoms with van der Waals surface area (Å²) in [4.78, 5) is 17.3. The van der Waals surface area contributed by atoms with Gasteiger partial charge in [-0.25, -0.2) is 0 Å². The van der Waals surface area contributed by atoms with Crippen LogP contribution in [0.3, 0.4) is 0 Å². The van der Waals surface area contributed by atoms with E-state index in [9.17, 15) is 15.2 Å². The highest BCUT2D eigenvalue weighted by Gasteiger charge is 2.16. The predicted molar refractivity (Wildman–Crippen MR) is 103 cm³/mol. The minimum Gasteiger partial charge on any atom is -0.507 e. The Morgan fingerprint density at radius 3 is 2.64 bits per heavy atom. The lowest BCUT2D eigenvalue weighted by Gasteiger charge is -2.12. The molecule has 0 saturated carbocycles. The molecule has 0 fully saturated rings. The Hall–Kier alpha value is -4.24. The summed E-state index contributed by atoms with van der Waals surface area (Å²) in [7, 11) is 0. The van der Waals surface area contributed by atoms with Gasteiger partial charge in [0.25, 0.3) is 0 Å². The summed E-state index contributed by atoms with van der Waals surface area (Å²) in [6.07, 6.45) is 3.08. The Bertz CT molecular complexity index is 1330. The van der Waals surface area contributed by atoms with Crippen LogP contribution in [-0.2, 0) is 0 Å². The second-order valence-electron chi connectivity index (χ2n) is 6.21. The van der Waals surface area contributed by atoms with Crippen molar-refractivity contribution in [3.8, 4) is 17.5 Å². The molecule has 2 heterocycles. The Morgan fingerprint density at radius 1 is 1.11 bits per heavy atom. The van der Waals surface area contributed by atoms with Gasteiger partial charge in [0.2, 0.25) is 0 Å². The van der Waals surface area contributed by atoms with Gasteiger partial charge in [-0.1, -0.05) is 30.3 Å². The molecule has 0 aliphatic heterocycles. The SMILES string of the molecule is N#Cc1cc(C(=O)c2ccccc2O)cn(-c2cnc3ccccc3c2)c1=N. The number of hydrogen-bond donors (Lipinski definition) is 2. The number of aromatic nitrogens is 2. The molecule has 134 valence electrons. The molecule has 6 heteroatoms. The number of hydrogen-bond acceptors (Lipinski definition) is 5. The molecule has 0 spiro atoms. The lowest BCUT2D eigenvalue weighted by Crippen LogP contribution is -2.23. The molecule has 0 bridgehead atoms. The molecule has 0 unspecified atom stereocenters. The van der Waals surface area contributed by atoms with E-state index < -0.39 is 5.78 Å². The van der Waals surface area contributed by atoms with Gasteiger partial charge in [0, 0.05) is 17.1 Å².